The van der Waals surface area contributed by atoms with Crippen LogP contribution in [0.15, 0.2) is 17.3 Å². The lowest BCUT2D eigenvalue weighted by Gasteiger charge is -2.09. The maximum absolute atomic E-state index is 4.30. The van der Waals surface area contributed by atoms with Crippen molar-refractivity contribution in [2.75, 3.05) is 0 Å². The molecule has 0 amide bonds. The Morgan fingerprint density at radius 2 is 2.00 bits per heavy atom. The lowest BCUT2D eigenvalue weighted by atomic mass is 10.0. The molecule has 0 saturated heterocycles. The number of pyridine rings is 1. The van der Waals surface area contributed by atoms with Gasteiger partial charge in [-0.15, -0.1) is 12.6 Å². The number of hydrogen-bond donors (Lipinski definition) is 1. The molecule has 0 unspecified atom stereocenters. The fourth-order valence-corrected chi connectivity index (χ4v) is 1.31. The van der Waals surface area contributed by atoms with Crippen LogP contribution >= 0.6 is 12.6 Å². The van der Waals surface area contributed by atoms with Gasteiger partial charge in [0.1, 0.15) is 0 Å². The van der Waals surface area contributed by atoms with Gasteiger partial charge >= 0.3 is 0 Å². The number of thiol groups is 1. The van der Waals surface area contributed by atoms with Crippen molar-refractivity contribution in [2.24, 2.45) is 0 Å². The molecule has 60 valence electrons. The Balaban J connectivity index is 3.17. The summed E-state index contributed by atoms with van der Waals surface area (Å²) in [5.74, 6) is 0.537. The van der Waals surface area contributed by atoms with Gasteiger partial charge in [0.05, 0.1) is 0 Å². The van der Waals surface area contributed by atoms with Crippen molar-refractivity contribution in [1.82, 2.24) is 4.98 Å². The molecule has 0 spiro atoms. The second-order valence-electron chi connectivity index (χ2n) is 3.03. The summed E-state index contributed by atoms with van der Waals surface area (Å²) in [5, 5.41) is 0. The highest BCUT2D eigenvalue weighted by molar-refractivity contribution is 7.80. The summed E-state index contributed by atoms with van der Waals surface area (Å²) in [6.45, 7) is 6.41. The van der Waals surface area contributed by atoms with E-state index in [-0.39, 0.29) is 0 Å². The van der Waals surface area contributed by atoms with E-state index in [0.29, 0.717) is 5.92 Å². The van der Waals surface area contributed by atoms with Crippen molar-refractivity contribution in [1.29, 1.82) is 0 Å². The van der Waals surface area contributed by atoms with Crippen LogP contribution < -0.4 is 0 Å². The summed E-state index contributed by atoms with van der Waals surface area (Å²) in [4.78, 5) is 5.07. The fraction of sp³-hybridized carbons (Fsp3) is 0.444. The highest BCUT2D eigenvalue weighted by atomic mass is 32.1. The minimum absolute atomic E-state index is 0.537. The normalized spacial score (nSPS) is 10.6. The molecular formula is C9H13NS. The first-order valence-corrected chi connectivity index (χ1v) is 4.21. The molecule has 1 rings (SSSR count). The van der Waals surface area contributed by atoms with E-state index in [1.807, 2.05) is 6.20 Å². The van der Waals surface area contributed by atoms with Gasteiger partial charge in [-0.3, -0.25) is 4.98 Å². The van der Waals surface area contributed by atoms with E-state index in [1.165, 1.54) is 11.1 Å². The van der Waals surface area contributed by atoms with Crippen LogP contribution in [-0.4, -0.2) is 4.98 Å². The Labute approximate surface area is 73.3 Å². The topological polar surface area (TPSA) is 12.9 Å². The van der Waals surface area contributed by atoms with E-state index in [1.54, 1.807) is 6.20 Å². The molecule has 0 bridgehead atoms. The summed E-state index contributed by atoms with van der Waals surface area (Å²) in [7, 11) is 0. The molecule has 1 aromatic rings. The van der Waals surface area contributed by atoms with E-state index < -0.39 is 0 Å². The van der Waals surface area contributed by atoms with Gasteiger partial charge in [-0.05, 0) is 24.0 Å². The highest BCUT2D eigenvalue weighted by Crippen LogP contribution is 2.22. The van der Waals surface area contributed by atoms with Crippen LogP contribution in [0.2, 0.25) is 0 Å². The van der Waals surface area contributed by atoms with Crippen LogP contribution in [-0.2, 0) is 0 Å². The van der Waals surface area contributed by atoms with Gasteiger partial charge < -0.3 is 0 Å². The smallest absolute Gasteiger partial charge is 0.0404 e. The molecule has 0 aliphatic carbocycles. The van der Waals surface area contributed by atoms with Crippen LogP contribution in [0.25, 0.3) is 0 Å². The second-order valence-corrected chi connectivity index (χ2v) is 3.51. The third-order valence-electron chi connectivity index (χ3n) is 1.85. The first-order chi connectivity index (χ1) is 5.13. The van der Waals surface area contributed by atoms with E-state index >= 15 is 0 Å². The summed E-state index contributed by atoms with van der Waals surface area (Å²) in [5.41, 5.74) is 2.54. The van der Waals surface area contributed by atoms with Gasteiger partial charge in [-0.2, -0.15) is 0 Å². The van der Waals surface area contributed by atoms with Crippen LogP contribution in [0.4, 0.5) is 0 Å². The molecule has 0 aliphatic heterocycles. The predicted octanol–water partition coefficient (Wildman–Crippen LogP) is 2.80. The lowest BCUT2D eigenvalue weighted by molar-refractivity contribution is 0.838. The molecule has 0 fully saturated rings. The molecule has 0 atom stereocenters. The average Bonchev–Trinajstić information content (AvgIpc) is 1.94. The first-order valence-electron chi connectivity index (χ1n) is 3.76. The Hall–Kier alpha value is -0.500. The van der Waals surface area contributed by atoms with Crippen LogP contribution in [0, 0.1) is 6.92 Å². The molecule has 0 N–H and O–H groups in total. The molecule has 2 heteroatoms. The Morgan fingerprint density at radius 3 is 2.45 bits per heavy atom. The zero-order valence-electron chi connectivity index (χ0n) is 7.13. The maximum atomic E-state index is 4.30. The van der Waals surface area contributed by atoms with Crippen LogP contribution in [0.1, 0.15) is 30.9 Å². The zero-order chi connectivity index (χ0) is 8.43. The van der Waals surface area contributed by atoms with Crippen molar-refractivity contribution in [3.05, 3.63) is 23.5 Å². The van der Waals surface area contributed by atoms with Gasteiger partial charge in [0.25, 0.3) is 0 Å². The number of hydrogen-bond acceptors (Lipinski definition) is 2. The molecule has 1 heterocycles. The van der Waals surface area contributed by atoms with Crippen LogP contribution in [0.3, 0.4) is 0 Å². The zero-order valence-corrected chi connectivity index (χ0v) is 8.02. The van der Waals surface area contributed by atoms with E-state index in [0.717, 1.165) is 4.90 Å². The molecule has 0 radical (unpaired) electrons. The largest absolute Gasteiger partial charge is 0.263 e. The highest BCUT2D eigenvalue weighted by Gasteiger charge is 2.04. The van der Waals surface area contributed by atoms with Crippen molar-refractivity contribution in [2.45, 2.75) is 31.6 Å². The molecule has 0 aromatic carbocycles. The number of rotatable bonds is 1. The maximum Gasteiger partial charge on any atom is 0.0404 e. The Morgan fingerprint density at radius 1 is 1.36 bits per heavy atom. The van der Waals surface area contributed by atoms with Crippen molar-refractivity contribution in [3.63, 3.8) is 0 Å². The predicted molar refractivity (Wildman–Crippen MR) is 50.3 cm³/mol. The summed E-state index contributed by atoms with van der Waals surface area (Å²) < 4.78 is 0. The third-order valence-corrected chi connectivity index (χ3v) is 2.30. The monoisotopic (exact) mass is 167 g/mol. The molecule has 0 saturated carbocycles. The van der Waals surface area contributed by atoms with Gasteiger partial charge in [0.2, 0.25) is 0 Å². The SMILES string of the molecule is Cc1c(S)cncc1C(C)C. The molecular weight excluding hydrogens is 154 g/mol. The molecule has 1 aromatic heterocycles. The first kappa shape index (κ1) is 8.60. The Bertz CT molecular complexity index is 256. The number of aromatic nitrogens is 1. The molecule has 1 nitrogen and oxygen atoms in total. The summed E-state index contributed by atoms with van der Waals surface area (Å²) >= 11 is 4.30. The van der Waals surface area contributed by atoms with Gasteiger partial charge in [0.15, 0.2) is 0 Å². The third kappa shape index (κ3) is 1.74. The van der Waals surface area contributed by atoms with E-state index in [9.17, 15) is 0 Å². The second kappa shape index (κ2) is 3.26. The standard InChI is InChI=1S/C9H13NS/c1-6(2)8-4-10-5-9(11)7(8)3/h4-6,11H,1-3H3. The van der Waals surface area contributed by atoms with Gasteiger partial charge in [0, 0.05) is 17.3 Å². The minimum Gasteiger partial charge on any atom is -0.263 e. The fourth-order valence-electron chi connectivity index (χ4n) is 1.11. The minimum atomic E-state index is 0.537. The van der Waals surface area contributed by atoms with Crippen molar-refractivity contribution < 1.29 is 0 Å². The quantitative estimate of drug-likeness (QED) is 0.635. The van der Waals surface area contributed by atoms with Gasteiger partial charge in [-0.1, -0.05) is 13.8 Å². The van der Waals surface area contributed by atoms with Crippen molar-refractivity contribution in [3.8, 4) is 0 Å². The molecule has 11 heavy (non-hydrogen) atoms. The Kier molecular flexibility index (Phi) is 2.55. The van der Waals surface area contributed by atoms with E-state index in [2.05, 4.69) is 38.4 Å². The van der Waals surface area contributed by atoms with Crippen molar-refractivity contribution >= 4 is 12.6 Å². The van der Waals surface area contributed by atoms with Gasteiger partial charge in [-0.25, -0.2) is 0 Å². The summed E-state index contributed by atoms with van der Waals surface area (Å²) in [6, 6.07) is 0. The van der Waals surface area contributed by atoms with Crippen LogP contribution in [0.5, 0.6) is 0 Å². The van der Waals surface area contributed by atoms with E-state index in [4.69, 9.17) is 0 Å². The average molecular weight is 167 g/mol. The number of nitrogens with zero attached hydrogens (tertiary/aromatic N) is 1. The lowest BCUT2D eigenvalue weighted by Crippen LogP contribution is -1.93. The molecule has 0 aliphatic rings. The summed E-state index contributed by atoms with van der Waals surface area (Å²) in [6.07, 6.45) is 3.70.